The van der Waals surface area contributed by atoms with E-state index < -0.39 is 11.0 Å². The van der Waals surface area contributed by atoms with E-state index in [9.17, 15) is 4.21 Å². The fraction of sp³-hybridized carbons (Fsp3) is 0.643. The van der Waals surface area contributed by atoms with Crippen molar-refractivity contribution in [2.24, 2.45) is 0 Å². The predicted molar refractivity (Wildman–Crippen MR) is 90.1 cm³/mol. The second-order valence-corrected chi connectivity index (χ2v) is 7.61. The Morgan fingerprint density at radius 1 is 1.59 bits per heavy atom. The van der Waals surface area contributed by atoms with E-state index >= 15 is 0 Å². The second-order valence-electron chi connectivity index (χ2n) is 4.88. The van der Waals surface area contributed by atoms with Crippen molar-refractivity contribution < 1.29 is 13.7 Å². The Hall–Kier alpha value is -0.0500. The summed E-state index contributed by atoms with van der Waals surface area (Å²) in [6.07, 6.45) is 4.61. The zero-order chi connectivity index (χ0) is 15.9. The van der Waals surface area contributed by atoms with Gasteiger partial charge < -0.3 is 9.47 Å². The highest BCUT2D eigenvalue weighted by Crippen LogP contribution is 2.23. The minimum atomic E-state index is -1.36. The summed E-state index contributed by atoms with van der Waals surface area (Å²) < 4.78 is 26.4. The molecule has 0 N–H and O–H groups in total. The summed E-state index contributed by atoms with van der Waals surface area (Å²) >= 11 is 9.37. The second kappa shape index (κ2) is 9.30. The minimum absolute atomic E-state index is 0.128. The maximum absolute atomic E-state index is 12.6. The lowest BCUT2D eigenvalue weighted by Gasteiger charge is -2.25. The molecular weight excluding hydrogens is 392 g/mol. The van der Waals surface area contributed by atoms with Gasteiger partial charge in [0.25, 0.3) is 0 Å². The SMILES string of the molecule is CCN(CCOC1CCCCO1)S(=O)c1cc(Br)cnc1Cl. The fourth-order valence-electron chi connectivity index (χ4n) is 2.15. The van der Waals surface area contributed by atoms with Crippen LogP contribution in [0.4, 0.5) is 0 Å². The van der Waals surface area contributed by atoms with Crippen molar-refractivity contribution in [3.8, 4) is 0 Å². The molecule has 2 unspecified atom stereocenters. The summed E-state index contributed by atoms with van der Waals surface area (Å²) in [5.74, 6) is 0. The van der Waals surface area contributed by atoms with Crippen LogP contribution in [-0.2, 0) is 20.5 Å². The van der Waals surface area contributed by atoms with Crippen molar-refractivity contribution >= 4 is 38.5 Å². The maximum Gasteiger partial charge on any atom is 0.157 e. The molecule has 0 aliphatic carbocycles. The Balaban J connectivity index is 1.89. The van der Waals surface area contributed by atoms with Crippen LogP contribution >= 0.6 is 27.5 Å². The van der Waals surface area contributed by atoms with Gasteiger partial charge in [0.05, 0.1) is 11.5 Å². The smallest absolute Gasteiger partial charge is 0.157 e. The van der Waals surface area contributed by atoms with Crippen LogP contribution in [0.25, 0.3) is 0 Å². The lowest BCUT2D eigenvalue weighted by molar-refractivity contribution is -0.162. The topological polar surface area (TPSA) is 51.7 Å². The van der Waals surface area contributed by atoms with E-state index in [0.717, 1.165) is 30.3 Å². The van der Waals surface area contributed by atoms with E-state index in [1.807, 2.05) is 6.92 Å². The molecule has 124 valence electrons. The van der Waals surface area contributed by atoms with Gasteiger partial charge >= 0.3 is 0 Å². The molecule has 8 heteroatoms. The number of rotatable bonds is 7. The average Bonchev–Trinajstić information content (AvgIpc) is 2.54. The number of pyridine rings is 1. The zero-order valence-electron chi connectivity index (χ0n) is 12.5. The molecule has 1 aromatic heterocycles. The molecule has 0 radical (unpaired) electrons. The first-order valence-corrected chi connectivity index (χ1v) is 9.60. The molecule has 1 aromatic rings. The zero-order valence-corrected chi connectivity index (χ0v) is 15.6. The number of hydrogen-bond donors (Lipinski definition) is 0. The molecule has 1 aliphatic heterocycles. The molecule has 5 nitrogen and oxygen atoms in total. The maximum atomic E-state index is 12.6. The van der Waals surface area contributed by atoms with Crippen LogP contribution in [0.2, 0.25) is 5.15 Å². The normalized spacial score (nSPS) is 20.3. The van der Waals surface area contributed by atoms with Gasteiger partial charge in [-0.15, -0.1) is 0 Å². The Morgan fingerprint density at radius 2 is 2.41 bits per heavy atom. The minimum Gasteiger partial charge on any atom is -0.353 e. The van der Waals surface area contributed by atoms with E-state index in [2.05, 4.69) is 20.9 Å². The van der Waals surface area contributed by atoms with Crippen LogP contribution in [0.1, 0.15) is 26.2 Å². The van der Waals surface area contributed by atoms with Gasteiger partial charge in [0.2, 0.25) is 0 Å². The summed E-state index contributed by atoms with van der Waals surface area (Å²) in [4.78, 5) is 4.52. The van der Waals surface area contributed by atoms with Crippen molar-refractivity contribution in [3.05, 3.63) is 21.9 Å². The van der Waals surface area contributed by atoms with Crippen molar-refractivity contribution in [2.45, 2.75) is 37.4 Å². The Kier molecular flexibility index (Phi) is 7.73. The van der Waals surface area contributed by atoms with Crippen LogP contribution in [0.15, 0.2) is 21.6 Å². The largest absolute Gasteiger partial charge is 0.353 e. The molecule has 1 aliphatic rings. The third-order valence-corrected chi connectivity index (χ3v) is 5.78. The summed E-state index contributed by atoms with van der Waals surface area (Å²) in [6.45, 7) is 4.36. The van der Waals surface area contributed by atoms with Crippen LogP contribution in [0.3, 0.4) is 0 Å². The third-order valence-electron chi connectivity index (χ3n) is 3.33. The van der Waals surface area contributed by atoms with Crippen LogP contribution in [-0.4, -0.2) is 46.1 Å². The highest BCUT2D eigenvalue weighted by Gasteiger charge is 2.19. The molecule has 1 saturated heterocycles. The van der Waals surface area contributed by atoms with Crippen LogP contribution in [0, 0.1) is 0 Å². The molecule has 0 spiro atoms. The lowest BCUT2D eigenvalue weighted by Crippen LogP contribution is -2.32. The van der Waals surface area contributed by atoms with Crippen molar-refractivity contribution in [2.75, 3.05) is 26.3 Å². The van der Waals surface area contributed by atoms with E-state index in [0.29, 0.717) is 24.6 Å². The molecule has 0 saturated carbocycles. The van der Waals surface area contributed by atoms with Gasteiger partial charge in [-0.2, -0.15) is 0 Å². The monoisotopic (exact) mass is 410 g/mol. The standard InChI is InChI=1S/C14H20BrClN2O3S/c1-2-18(6-8-21-13-5-3-4-7-20-13)22(19)12-9-11(15)10-17-14(12)16/h9-10,13H,2-8H2,1H3. The molecule has 0 bridgehead atoms. The molecule has 0 aromatic carbocycles. The molecular formula is C14H20BrClN2O3S. The van der Waals surface area contributed by atoms with Gasteiger partial charge in [-0.25, -0.2) is 13.5 Å². The van der Waals surface area contributed by atoms with Gasteiger partial charge in [-0.3, -0.25) is 0 Å². The fourth-order valence-corrected chi connectivity index (χ4v) is 4.11. The van der Waals surface area contributed by atoms with E-state index in [4.69, 9.17) is 21.1 Å². The van der Waals surface area contributed by atoms with Gasteiger partial charge in [0.15, 0.2) is 6.29 Å². The molecule has 0 amide bonds. The molecule has 2 atom stereocenters. The number of ether oxygens (including phenoxy) is 2. The molecule has 1 fully saturated rings. The predicted octanol–water partition coefficient (Wildman–Crippen LogP) is 3.39. The lowest BCUT2D eigenvalue weighted by atomic mass is 10.2. The van der Waals surface area contributed by atoms with Gasteiger partial charge in [0.1, 0.15) is 16.1 Å². The third kappa shape index (κ3) is 5.25. The first-order valence-electron chi connectivity index (χ1n) is 7.33. The average molecular weight is 412 g/mol. The van der Waals surface area contributed by atoms with Gasteiger partial charge in [-0.05, 0) is 41.3 Å². The Labute approximate surface area is 147 Å². The van der Waals surface area contributed by atoms with E-state index in [1.165, 1.54) is 0 Å². The number of hydrogen-bond acceptors (Lipinski definition) is 4. The molecule has 22 heavy (non-hydrogen) atoms. The summed E-state index contributed by atoms with van der Waals surface area (Å²) in [5.41, 5.74) is 0. The van der Waals surface area contributed by atoms with Crippen LogP contribution < -0.4 is 0 Å². The van der Waals surface area contributed by atoms with Crippen molar-refractivity contribution in [3.63, 3.8) is 0 Å². The van der Waals surface area contributed by atoms with E-state index in [1.54, 1.807) is 16.6 Å². The Morgan fingerprint density at radius 3 is 3.09 bits per heavy atom. The van der Waals surface area contributed by atoms with Crippen molar-refractivity contribution in [1.29, 1.82) is 0 Å². The van der Waals surface area contributed by atoms with Gasteiger partial charge in [0, 0.05) is 30.4 Å². The molecule has 2 heterocycles. The summed E-state index contributed by atoms with van der Waals surface area (Å²) in [7, 11) is -1.36. The highest BCUT2D eigenvalue weighted by molar-refractivity contribution is 9.10. The number of aromatic nitrogens is 1. The number of halogens is 2. The quantitative estimate of drug-likeness (QED) is 0.645. The first-order chi connectivity index (χ1) is 10.6. The summed E-state index contributed by atoms with van der Waals surface area (Å²) in [6, 6.07) is 1.74. The van der Waals surface area contributed by atoms with E-state index in [-0.39, 0.29) is 11.4 Å². The first kappa shape index (κ1) is 18.3. The summed E-state index contributed by atoms with van der Waals surface area (Å²) in [5, 5.41) is 0.261. The van der Waals surface area contributed by atoms with Gasteiger partial charge in [-0.1, -0.05) is 18.5 Å². The Bertz CT molecular complexity index is 515. The van der Waals surface area contributed by atoms with Crippen molar-refractivity contribution in [1.82, 2.24) is 9.29 Å². The number of nitrogens with zero attached hydrogens (tertiary/aromatic N) is 2. The molecule has 2 rings (SSSR count). The number of likely N-dealkylation sites (N-methyl/N-ethyl adjacent to an activating group) is 1. The van der Waals surface area contributed by atoms with Crippen LogP contribution in [0.5, 0.6) is 0 Å². The highest BCUT2D eigenvalue weighted by atomic mass is 79.9.